The van der Waals surface area contributed by atoms with Crippen LogP contribution in [-0.2, 0) is 0 Å². The van der Waals surface area contributed by atoms with E-state index in [4.69, 9.17) is 0 Å². The molecular formula is C9H15N7. The van der Waals surface area contributed by atoms with Gasteiger partial charge in [0.05, 0.1) is 12.4 Å². The first-order chi connectivity index (χ1) is 7.83. The Hall–Kier alpha value is -1.76. The summed E-state index contributed by atoms with van der Waals surface area (Å²) in [4.78, 5) is 6.20. The number of nitrogens with one attached hydrogen (secondary N) is 1. The number of nitrogens with zero attached hydrogens (tertiary/aromatic N) is 6. The first kappa shape index (κ1) is 10.7. The molecule has 0 spiro atoms. The van der Waals surface area contributed by atoms with Crippen molar-refractivity contribution in [1.29, 1.82) is 0 Å². The number of tetrazole rings is 1. The van der Waals surface area contributed by atoms with Gasteiger partial charge in [0.15, 0.2) is 11.5 Å². The first-order valence-electron chi connectivity index (χ1n) is 5.21. The summed E-state index contributed by atoms with van der Waals surface area (Å²) in [6.07, 6.45) is 4.47. The lowest BCUT2D eigenvalue weighted by atomic mass is 10.4. The number of hydrogen-bond acceptors (Lipinski definition) is 6. The standard InChI is InChI=1S/C9H15N7/c1-10-4-3-5-15(2)9-7-11-6-8-12-13-14-16(8)9/h6-7,10H,3-5H2,1-2H3. The lowest BCUT2D eigenvalue weighted by molar-refractivity contribution is 0.698. The van der Waals surface area contributed by atoms with Gasteiger partial charge in [0.1, 0.15) is 0 Å². The molecule has 0 aromatic carbocycles. The Morgan fingerprint density at radius 2 is 2.31 bits per heavy atom. The number of hydrogen-bond donors (Lipinski definition) is 1. The van der Waals surface area contributed by atoms with Crippen molar-refractivity contribution in [3.05, 3.63) is 12.4 Å². The van der Waals surface area contributed by atoms with E-state index in [0.29, 0.717) is 5.65 Å². The van der Waals surface area contributed by atoms with Gasteiger partial charge >= 0.3 is 0 Å². The summed E-state index contributed by atoms with van der Waals surface area (Å²) in [5.74, 6) is 0.901. The third kappa shape index (κ3) is 2.08. The average Bonchev–Trinajstić information content (AvgIpc) is 2.76. The van der Waals surface area contributed by atoms with Crippen molar-refractivity contribution in [2.75, 3.05) is 32.1 Å². The molecule has 1 N–H and O–H groups in total. The van der Waals surface area contributed by atoms with Gasteiger partial charge in [-0.2, -0.15) is 4.52 Å². The van der Waals surface area contributed by atoms with E-state index in [2.05, 4.69) is 30.7 Å². The molecule has 2 aromatic rings. The van der Waals surface area contributed by atoms with Crippen molar-refractivity contribution in [2.45, 2.75) is 6.42 Å². The van der Waals surface area contributed by atoms with Crippen LogP contribution in [0.5, 0.6) is 0 Å². The Bertz CT molecular complexity index is 452. The number of aromatic nitrogens is 5. The van der Waals surface area contributed by atoms with Crippen molar-refractivity contribution < 1.29 is 0 Å². The van der Waals surface area contributed by atoms with E-state index in [1.54, 1.807) is 16.9 Å². The molecule has 0 aliphatic carbocycles. The fourth-order valence-corrected chi connectivity index (χ4v) is 1.53. The molecule has 0 radical (unpaired) electrons. The molecule has 0 amide bonds. The van der Waals surface area contributed by atoms with Gasteiger partial charge in [0, 0.05) is 13.6 Å². The van der Waals surface area contributed by atoms with Crippen molar-refractivity contribution >= 4 is 11.5 Å². The van der Waals surface area contributed by atoms with E-state index in [1.165, 1.54) is 0 Å². The van der Waals surface area contributed by atoms with Crippen LogP contribution in [0.2, 0.25) is 0 Å². The highest BCUT2D eigenvalue weighted by Crippen LogP contribution is 2.10. The van der Waals surface area contributed by atoms with E-state index in [-0.39, 0.29) is 0 Å². The number of rotatable bonds is 5. The third-order valence-electron chi connectivity index (χ3n) is 2.40. The lowest BCUT2D eigenvalue weighted by Gasteiger charge is -2.18. The Balaban J connectivity index is 2.15. The summed E-state index contributed by atoms with van der Waals surface area (Å²) in [6.45, 7) is 1.92. The quantitative estimate of drug-likeness (QED) is 0.690. The zero-order valence-corrected chi connectivity index (χ0v) is 9.46. The maximum Gasteiger partial charge on any atom is 0.199 e. The van der Waals surface area contributed by atoms with Crippen LogP contribution in [0.3, 0.4) is 0 Å². The maximum absolute atomic E-state index is 4.11. The minimum atomic E-state index is 0.665. The molecular weight excluding hydrogens is 206 g/mol. The summed E-state index contributed by atoms with van der Waals surface area (Å²) in [6, 6.07) is 0. The normalized spacial score (nSPS) is 10.9. The molecule has 0 saturated carbocycles. The summed E-state index contributed by atoms with van der Waals surface area (Å²) in [5, 5.41) is 14.5. The molecule has 0 aliphatic rings. The van der Waals surface area contributed by atoms with Gasteiger partial charge in [-0.15, -0.1) is 5.10 Å². The minimum absolute atomic E-state index is 0.665. The average molecular weight is 221 g/mol. The smallest absolute Gasteiger partial charge is 0.199 e. The highest BCUT2D eigenvalue weighted by Gasteiger charge is 2.07. The summed E-state index contributed by atoms with van der Waals surface area (Å²) < 4.78 is 1.69. The zero-order chi connectivity index (χ0) is 11.4. The predicted octanol–water partition coefficient (Wildman–Crippen LogP) is -0.435. The molecule has 2 rings (SSSR count). The molecule has 16 heavy (non-hydrogen) atoms. The van der Waals surface area contributed by atoms with Gasteiger partial charge in [0.2, 0.25) is 0 Å². The van der Waals surface area contributed by atoms with Gasteiger partial charge < -0.3 is 10.2 Å². The van der Waals surface area contributed by atoms with Crippen LogP contribution in [0.15, 0.2) is 12.4 Å². The molecule has 86 valence electrons. The van der Waals surface area contributed by atoms with Crippen molar-refractivity contribution in [3.8, 4) is 0 Å². The molecule has 0 unspecified atom stereocenters. The second-order valence-electron chi connectivity index (χ2n) is 3.59. The predicted molar refractivity (Wildman–Crippen MR) is 60.4 cm³/mol. The van der Waals surface area contributed by atoms with Crippen molar-refractivity contribution in [2.24, 2.45) is 0 Å². The summed E-state index contributed by atoms with van der Waals surface area (Å²) in [7, 11) is 3.96. The molecule has 7 nitrogen and oxygen atoms in total. The van der Waals surface area contributed by atoms with Crippen LogP contribution in [0, 0.1) is 0 Å². The van der Waals surface area contributed by atoms with Crippen LogP contribution >= 0.6 is 0 Å². The van der Waals surface area contributed by atoms with Gasteiger partial charge in [-0.1, -0.05) is 0 Å². The summed E-state index contributed by atoms with van der Waals surface area (Å²) >= 11 is 0. The maximum atomic E-state index is 4.11. The molecule has 2 heterocycles. The molecule has 2 aromatic heterocycles. The lowest BCUT2D eigenvalue weighted by Crippen LogP contribution is -2.24. The molecule has 0 saturated heterocycles. The topological polar surface area (TPSA) is 71.2 Å². The van der Waals surface area contributed by atoms with E-state index in [1.807, 2.05) is 14.1 Å². The van der Waals surface area contributed by atoms with Gasteiger partial charge in [-0.05, 0) is 30.4 Å². The largest absolute Gasteiger partial charge is 0.358 e. The highest BCUT2D eigenvalue weighted by atomic mass is 15.5. The van der Waals surface area contributed by atoms with Gasteiger partial charge in [-0.25, -0.2) is 0 Å². The van der Waals surface area contributed by atoms with Crippen LogP contribution in [-0.4, -0.2) is 52.2 Å². The minimum Gasteiger partial charge on any atom is -0.358 e. The molecule has 0 bridgehead atoms. The Labute approximate surface area is 93.5 Å². The Kier molecular flexibility index (Phi) is 3.25. The fourth-order valence-electron chi connectivity index (χ4n) is 1.53. The number of anilines is 1. The van der Waals surface area contributed by atoms with E-state index < -0.39 is 0 Å². The van der Waals surface area contributed by atoms with Crippen LogP contribution < -0.4 is 10.2 Å². The molecule has 0 fully saturated rings. The second-order valence-corrected chi connectivity index (χ2v) is 3.59. The third-order valence-corrected chi connectivity index (χ3v) is 2.40. The van der Waals surface area contributed by atoms with Crippen LogP contribution in [0.4, 0.5) is 5.82 Å². The van der Waals surface area contributed by atoms with Crippen LogP contribution in [0.1, 0.15) is 6.42 Å². The SMILES string of the molecule is CNCCCN(C)c1cncc2nnnn12. The fraction of sp³-hybridized carbons (Fsp3) is 0.556. The van der Waals surface area contributed by atoms with Crippen molar-refractivity contribution in [3.63, 3.8) is 0 Å². The Morgan fingerprint density at radius 3 is 3.12 bits per heavy atom. The first-order valence-corrected chi connectivity index (χ1v) is 5.21. The van der Waals surface area contributed by atoms with Gasteiger partial charge in [-0.3, -0.25) is 4.98 Å². The number of fused-ring (bicyclic) bond motifs is 1. The Morgan fingerprint density at radius 1 is 1.44 bits per heavy atom. The zero-order valence-electron chi connectivity index (χ0n) is 9.46. The molecule has 7 heteroatoms. The van der Waals surface area contributed by atoms with E-state index >= 15 is 0 Å². The second kappa shape index (κ2) is 4.84. The highest BCUT2D eigenvalue weighted by molar-refractivity contribution is 5.45. The van der Waals surface area contributed by atoms with Crippen LogP contribution in [0.25, 0.3) is 5.65 Å². The van der Waals surface area contributed by atoms with E-state index in [9.17, 15) is 0 Å². The van der Waals surface area contributed by atoms with E-state index in [0.717, 1.165) is 25.3 Å². The summed E-state index contributed by atoms with van der Waals surface area (Å²) in [5.41, 5.74) is 0.665. The monoisotopic (exact) mass is 221 g/mol. The molecule has 0 atom stereocenters. The molecule has 0 aliphatic heterocycles. The van der Waals surface area contributed by atoms with Gasteiger partial charge in [0.25, 0.3) is 0 Å². The van der Waals surface area contributed by atoms with Crippen molar-refractivity contribution in [1.82, 2.24) is 30.3 Å².